The van der Waals surface area contributed by atoms with Gasteiger partial charge in [0.25, 0.3) is 0 Å². The molecule has 53 heavy (non-hydrogen) atoms. The summed E-state index contributed by atoms with van der Waals surface area (Å²) in [5.74, 6) is 1.89. The van der Waals surface area contributed by atoms with Gasteiger partial charge in [-0.25, -0.2) is 15.0 Å². The zero-order valence-corrected chi connectivity index (χ0v) is 29.7. The van der Waals surface area contributed by atoms with E-state index in [-0.39, 0.29) is 5.41 Å². The highest BCUT2D eigenvalue weighted by molar-refractivity contribution is 6.15. The number of hydrogen-bond donors (Lipinski definition) is 0. The molecular weight excluding hydrogens is 647 g/mol. The lowest BCUT2D eigenvalue weighted by Crippen LogP contribution is -2.24. The van der Waals surface area contributed by atoms with Crippen molar-refractivity contribution >= 4 is 27.5 Å². The first-order valence-electron chi connectivity index (χ1n) is 18.1. The van der Waals surface area contributed by atoms with E-state index in [9.17, 15) is 0 Å². The monoisotopic (exact) mass is 683 g/mol. The molecule has 2 aromatic heterocycles. The predicted molar refractivity (Wildman–Crippen MR) is 218 cm³/mol. The molecular formula is C49H37N3O. The summed E-state index contributed by atoms with van der Waals surface area (Å²) < 4.78 is 6.69. The molecule has 1 unspecified atom stereocenters. The van der Waals surface area contributed by atoms with E-state index in [4.69, 9.17) is 19.4 Å². The van der Waals surface area contributed by atoms with Crippen molar-refractivity contribution in [1.82, 2.24) is 15.0 Å². The molecule has 254 valence electrons. The van der Waals surface area contributed by atoms with E-state index in [1.807, 2.05) is 43.3 Å². The third-order valence-electron chi connectivity index (χ3n) is 10.3. The Kier molecular flexibility index (Phi) is 8.21. The summed E-state index contributed by atoms with van der Waals surface area (Å²) in [5.41, 5.74) is 11.2. The van der Waals surface area contributed by atoms with E-state index in [1.54, 1.807) is 0 Å². The molecule has 0 N–H and O–H groups in total. The van der Waals surface area contributed by atoms with Crippen LogP contribution in [0.3, 0.4) is 0 Å². The second kappa shape index (κ2) is 13.5. The summed E-state index contributed by atoms with van der Waals surface area (Å²) in [6.45, 7) is 4.34. The molecule has 8 aromatic rings. The third kappa shape index (κ3) is 5.88. The number of furan rings is 1. The molecule has 4 heteroatoms. The number of hydrogen-bond acceptors (Lipinski definition) is 4. The maximum Gasteiger partial charge on any atom is 0.164 e. The minimum Gasteiger partial charge on any atom is -0.455 e. The van der Waals surface area contributed by atoms with Gasteiger partial charge < -0.3 is 4.42 Å². The van der Waals surface area contributed by atoms with Gasteiger partial charge in [0.2, 0.25) is 0 Å². The second-order valence-electron chi connectivity index (χ2n) is 13.7. The topological polar surface area (TPSA) is 51.8 Å². The van der Waals surface area contributed by atoms with Gasteiger partial charge in [-0.15, -0.1) is 0 Å². The number of nitrogens with zero attached hydrogens (tertiary/aromatic N) is 3. The van der Waals surface area contributed by atoms with Gasteiger partial charge >= 0.3 is 0 Å². The van der Waals surface area contributed by atoms with Crippen LogP contribution in [0.15, 0.2) is 180 Å². The minimum absolute atomic E-state index is 0.158. The van der Waals surface area contributed by atoms with Crippen molar-refractivity contribution in [3.8, 4) is 45.0 Å². The Labute approximate surface area is 309 Å². The third-order valence-corrected chi connectivity index (χ3v) is 10.3. The van der Waals surface area contributed by atoms with Crippen LogP contribution >= 0.6 is 0 Å². The van der Waals surface area contributed by atoms with Crippen LogP contribution in [0.4, 0.5) is 0 Å². The Morgan fingerprint density at radius 2 is 1.17 bits per heavy atom. The first kappa shape index (κ1) is 32.3. The van der Waals surface area contributed by atoms with Gasteiger partial charge in [0.15, 0.2) is 17.5 Å². The van der Waals surface area contributed by atoms with Crippen molar-refractivity contribution in [1.29, 1.82) is 0 Å². The van der Waals surface area contributed by atoms with E-state index in [2.05, 4.69) is 146 Å². The Morgan fingerprint density at radius 3 is 1.96 bits per heavy atom. The fraction of sp³-hybridized carbons (Fsp3) is 0.0816. The standard InChI is InChI=1S/C49H37N3O/c1-3-4-15-31-49(2)32-30-39(38-20-11-13-22-42(38)49)47-50-46(36-18-9-6-10-19-36)51-48(52-47)41-29-28-37(45-44(41)40-21-12-14-23-43(40)53-45)35-26-24-34(25-27-35)33-16-7-5-8-17-33/h3-31H,32H2,1-2H3/b4-3-,31-15-. The SMILES string of the molecule is C/C=C\C=C/C1(C)CC=C(c2nc(-c3ccccc3)nc(-c3ccc(-c4ccc(-c5ccccc5)cc4)c4oc5ccccc5c34)n2)c2ccccc21. The quantitative estimate of drug-likeness (QED) is 0.157. The summed E-state index contributed by atoms with van der Waals surface area (Å²) in [4.78, 5) is 15.6. The fourth-order valence-electron chi connectivity index (χ4n) is 7.55. The van der Waals surface area contributed by atoms with Crippen LogP contribution in [-0.4, -0.2) is 15.0 Å². The van der Waals surface area contributed by atoms with Gasteiger partial charge in [0.05, 0.1) is 0 Å². The summed E-state index contributed by atoms with van der Waals surface area (Å²) in [6.07, 6.45) is 11.7. The van der Waals surface area contributed by atoms with Crippen LogP contribution in [0.2, 0.25) is 0 Å². The molecule has 0 aliphatic heterocycles. The molecule has 0 radical (unpaired) electrons. The van der Waals surface area contributed by atoms with E-state index in [1.165, 1.54) is 16.7 Å². The first-order chi connectivity index (χ1) is 26.1. The number of aromatic nitrogens is 3. The van der Waals surface area contributed by atoms with Crippen LogP contribution in [0.25, 0.3) is 72.5 Å². The highest BCUT2D eigenvalue weighted by Gasteiger charge is 2.32. The molecule has 1 atom stereocenters. The number of allylic oxidation sites excluding steroid dienone is 5. The number of para-hydroxylation sites is 1. The molecule has 2 heterocycles. The number of benzene rings is 6. The lowest BCUT2D eigenvalue weighted by Gasteiger charge is -2.32. The van der Waals surface area contributed by atoms with Gasteiger partial charge in [-0.1, -0.05) is 165 Å². The molecule has 0 saturated carbocycles. The van der Waals surface area contributed by atoms with Gasteiger partial charge in [-0.2, -0.15) is 0 Å². The Balaban J connectivity index is 1.23. The Hall–Kier alpha value is -6.65. The van der Waals surface area contributed by atoms with Crippen molar-refractivity contribution in [2.45, 2.75) is 25.7 Å². The molecule has 1 aliphatic rings. The van der Waals surface area contributed by atoms with Crippen LogP contribution in [0, 0.1) is 0 Å². The largest absolute Gasteiger partial charge is 0.455 e. The van der Waals surface area contributed by atoms with Gasteiger partial charge in [0, 0.05) is 38.5 Å². The lowest BCUT2D eigenvalue weighted by atomic mass is 9.71. The smallest absolute Gasteiger partial charge is 0.164 e. The highest BCUT2D eigenvalue weighted by atomic mass is 16.3. The fourth-order valence-corrected chi connectivity index (χ4v) is 7.55. The lowest BCUT2D eigenvalue weighted by molar-refractivity contribution is 0.596. The summed E-state index contributed by atoms with van der Waals surface area (Å²) in [7, 11) is 0. The first-order valence-corrected chi connectivity index (χ1v) is 18.1. The molecule has 0 amide bonds. The van der Waals surface area contributed by atoms with Gasteiger partial charge in [-0.3, -0.25) is 0 Å². The van der Waals surface area contributed by atoms with E-state index in [0.717, 1.165) is 61.7 Å². The second-order valence-corrected chi connectivity index (χ2v) is 13.7. The predicted octanol–water partition coefficient (Wildman–Crippen LogP) is 12.7. The van der Waals surface area contributed by atoms with Crippen molar-refractivity contribution in [2.75, 3.05) is 0 Å². The van der Waals surface area contributed by atoms with E-state index in [0.29, 0.717) is 17.5 Å². The zero-order chi connectivity index (χ0) is 35.8. The zero-order valence-electron chi connectivity index (χ0n) is 29.7. The molecule has 0 bridgehead atoms. The maximum absolute atomic E-state index is 6.69. The van der Waals surface area contributed by atoms with Crippen molar-refractivity contribution in [3.63, 3.8) is 0 Å². The van der Waals surface area contributed by atoms with Crippen molar-refractivity contribution in [3.05, 3.63) is 193 Å². The van der Waals surface area contributed by atoms with Crippen molar-refractivity contribution in [2.24, 2.45) is 0 Å². The summed E-state index contributed by atoms with van der Waals surface area (Å²) in [6, 6.07) is 50.5. The number of rotatable bonds is 7. The van der Waals surface area contributed by atoms with E-state index < -0.39 is 0 Å². The van der Waals surface area contributed by atoms with E-state index >= 15 is 0 Å². The number of fused-ring (bicyclic) bond motifs is 4. The Morgan fingerprint density at radius 1 is 0.547 bits per heavy atom. The maximum atomic E-state index is 6.69. The molecule has 0 spiro atoms. The molecule has 1 aliphatic carbocycles. The van der Waals surface area contributed by atoms with Crippen LogP contribution in [0.5, 0.6) is 0 Å². The van der Waals surface area contributed by atoms with Crippen LogP contribution < -0.4 is 0 Å². The highest BCUT2D eigenvalue weighted by Crippen LogP contribution is 2.44. The normalized spacial score (nSPS) is 15.7. The van der Waals surface area contributed by atoms with Crippen molar-refractivity contribution < 1.29 is 4.42 Å². The van der Waals surface area contributed by atoms with Gasteiger partial charge in [0.1, 0.15) is 11.2 Å². The average molecular weight is 684 g/mol. The van der Waals surface area contributed by atoms with Crippen LogP contribution in [-0.2, 0) is 5.41 Å². The summed E-state index contributed by atoms with van der Waals surface area (Å²) in [5, 5.41) is 2.01. The summed E-state index contributed by atoms with van der Waals surface area (Å²) >= 11 is 0. The molecule has 6 aromatic carbocycles. The molecule has 9 rings (SSSR count). The van der Waals surface area contributed by atoms with Crippen LogP contribution in [0.1, 0.15) is 37.2 Å². The molecule has 4 nitrogen and oxygen atoms in total. The minimum atomic E-state index is -0.158. The average Bonchev–Trinajstić information content (AvgIpc) is 3.61. The van der Waals surface area contributed by atoms with Gasteiger partial charge in [-0.05, 0) is 59.4 Å². The molecule has 0 saturated heterocycles. The molecule has 0 fully saturated rings. The Bertz CT molecular complexity index is 2700.